The lowest BCUT2D eigenvalue weighted by molar-refractivity contribution is 0.262. The number of rotatable bonds is 6. The van der Waals surface area contributed by atoms with Crippen molar-refractivity contribution < 1.29 is 4.79 Å². The second kappa shape index (κ2) is 9.36. The number of nitrogens with one attached hydrogen (secondary N) is 2. The molecule has 2 aromatic heterocycles. The van der Waals surface area contributed by atoms with Gasteiger partial charge in [-0.2, -0.15) is 14.6 Å². The van der Waals surface area contributed by atoms with Crippen LogP contribution in [-0.2, 0) is 6.42 Å². The van der Waals surface area contributed by atoms with E-state index in [0.717, 1.165) is 34.0 Å². The first-order valence-corrected chi connectivity index (χ1v) is 11.0. The van der Waals surface area contributed by atoms with Gasteiger partial charge < -0.3 is 10.6 Å². The molecule has 0 aliphatic rings. The molecule has 0 aliphatic carbocycles. The second-order valence-electron chi connectivity index (χ2n) is 6.98. The van der Waals surface area contributed by atoms with Gasteiger partial charge in [-0.1, -0.05) is 42.8 Å². The number of hydrogen-bond acceptors (Lipinski definition) is 5. The fraction of sp³-hybridized carbons (Fsp3) is 0.182. The number of anilines is 2. The van der Waals surface area contributed by atoms with Crippen molar-refractivity contribution in [2.45, 2.75) is 36.6 Å². The van der Waals surface area contributed by atoms with Crippen molar-refractivity contribution in [2.24, 2.45) is 0 Å². The molecule has 7 nitrogen and oxygen atoms in total. The minimum absolute atomic E-state index is 0.331. The van der Waals surface area contributed by atoms with Crippen LogP contribution in [0.5, 0.6) is 0 Å². The summed E-state index contributed by atoms with van der Waals surface area (Å²) in [6, 6.07) is 14.7. The van der Waals surface area contributed by atoms with Gasteiger partial charge in [0.1, 0.15) is 11.4 Å². The van der Waals surface area contributed by atoms with Crippen molar-refractivity contribution >= 4 is 46.5 Å². The Morgan fingerprint density at radius 2 is 1.84 bits per heavy atom. The smallest absolute Gasteiger partial charge is 0.308 e. The van der Waals surface area contributed by atoms with Crippen LogP contribution in [0.25, 0.3) is 5.78 Å². The highest BCUT2D eigenvalue weighted by molar-refractivity contribution is 7.99. The Morgan fingerprint density at radius 1 is 1.10 bits per heavy atom. The largest absolute Gasteiger partial charge is 0.323 e. The van der Waals surface area contributed by atoms with E-state index in [1.165, 1.54) is 6.33 Å². The van der Waals surface area contributed by atoms with Crippen LogP contribution in [0.15, 0.2) is 64.8 Å². The maximum absolute atomic E-state index is 12.3. The fourth-order valence-electron chi connectivity index (χ4n) is 2.98. The summed E-state index contributed by atoms with van der Waals surface area (Å²) in [7, 11) is 0. The minimum Gasteiger partial charge on any atom is -0.308 e. The van der Waals surface area contributed by atoms with E-state index in [1.807, 2.05) is 49.4 Å². The van der Waals surface area contributed by atoms with Gasteiger partial charge in [0.15, 0.2) is 0 Å². The zero-order chi connectivity index (χ0) is 21.8. The molecule has 9 heteroatoms. The monoisotopic (exact) mass is 452 g/mol. The third kappa shape index (κ3) is 5.15. The molecule has 158 valence electrons. The molecule has 0 unspecified atom stereocenters. The number of aryl methyl sites for hydroxylation is 2. The number of urea groups is 1. The van der Waals surface area contributed by atoms with Gasteiger partial charge in [0.2, 0.25) is 0 Å². The lowest BCUT2D eigenvalue weighted by Gasteiger charge is -2.10. The normalized spacial score (nSPS) is 10.9. The topological polar surface area (TPSA) is 84.2 Å². The Kier molecular flexibility index (Phi) is 6.39. The Labute approximate surface area is 189 Å². The zero-order valence-corrected chi connectivity index (χ0v) is 18.7. The van der Waals surface area contributed by atoms with Gasteiger partial charge in [0, 0.05) is 27.0 Å². The number of benzene rings is 2. The Bertz CT molecular complexity index is 1220. The molecule has 2 amide bonds. The van der Waals surface area contributed by atoms with E-state index >= 15 is 0 Å². The molecule has 0 saturated heterocycles. The number of hydrogen-bond donors (Lipinski definition) is 2. The van der Waals surface area contributed by atoms with Gasteiger partial charge in [-0.05, 0) is 61.4 Å². The van der Waals surface area contributed by atoms with Crippen LogP contribution in [0.2, 0.25) is 5.02 Å². The highest BCUT2D eigenvalue weighted by Crippen LogP contribution is 2.29. The van der Waals surface area contributed by atoms with Gasteiger partial charge in [-0.15, -0.1) is 0 Å². The number of nitrogens with zero attached hydrogens (tertiary/aromatic N) is 4. The fourth-order valence-corrected chi connectivity index (χ4v) is 4.08. The minimum atomic E-state index is -0.331. The quantitative estimate of drug-likeness (QED) is 0.359. The van der Waals surface area contributed by atoms with Crippen LogP contribution in [-0.4, -0.2) is 25.6 Å². The average molecular weight is 453 g/mol. The van der Waals surface area contributed by atoms with Crippen molar-refractivity contribution in [3.05, 3.63) is 71.1 Å². The number of carbonyl (C=O) groups excluding carboxylic acids is 1. The maximum Gasteiger partial charge on any atom is 0.323 e. The molecule has 4 rings (SSSR count). The maximum atomic E-state index is 12.3. The average Bonchev–Trinajstić information content (AvgIpc) is 3.21. The molecule has 0 bridgehead atoms. The van der Waals surface area contributed by atoms with Crippen molar-refractivity contribution in [1.29, 1.82) is 0 Å². The summed E-state index contributed by atoms with van der Waals surface area (Å²) in [6.07, 6.45) is 3.41. The van der Waals surface area contributed by atoms with E-state index in [2.05, 4.69) is 32.6 Å². The molecule has 2 aromatic carbocycles. The molecule has 0 aliphatic heterocycles. The van der Waals surface area contributed by atoms with Gasteiger partial charge in [0.05, 0.1) is 0 Å². The molecular weight excluding hydrogens is 432 g/mol. The number of halogens is 1. The first kappa shape index (κ1) is 21.1. The van der Waals surface area contributed by atoms with E-state index < -0.39 is 0 Å². The molecule has 0 saturated carbocycles. The second-order valence-corrected chi connectivity index (χ2v) is 8.48. The van der Waals surface area contributed by atoms with E-state index in [9.17, 15) is 4.79 Å². The number of amides is 2. The molecule has 31 heavy (non-hydrogen) atoms. The van der Waals surface area contributed by atoms with Crippen LogP contribution < -0.4 is 10.6 Å². The zero-order valence-electron chi connectivity index (χ0n) is 17.1. The van der Waals surface area contributed by atoms with Gasteiger partial charge in [-0.25, -0.2) is 9.78 Å². The Morgan fingerprint density at radius 3 is 2.58 bits per heavy atom. The van der Waals surface area contributed by atoms with E-state index in [4.69, 9.17) is 11.6 Å². The van der Waals surface area contributed by atoms with E-state index in [-0.39, 0.29) is 6.03 Å². The number of carbonyl (C=O) groups is 1. The molecule has 2 heterocycles. The summed E-state index contributed by atoms with van der Waals surface area (Å²) < 4.78 is 1.73. The Balaban J connectivity index is 1.44. The predicted octanol–water partition coefficient (Wildman–Crippen LogP) is 5.83. The summed E-state index contributed by atoms with van der Waals surface area (Å²) in [4.78, 5) is 22.0. The molecular formula is C22H21ClN6OS. The van der Waals surface area contributed by atoms with Gasteiger partial charge in [-0.3, -0.25) is 0 Å². The molecule has 4 aromatic rings. The van der Waals surface area contributed by atoms with Crippen molar-refractivity contribution in [2.75, 3.05) is 10.6 Å². The van der Waals surface area contributed by atoms with Crippen LogP contribution in [0.3, 0.4) is 0 Å². The summed E-state index contributed by atoms with van der Waals surface area (Å²) in [5.74, 6) is 0.597. The molecule has 0 fully saturated rings. The number of aromatic nitrogens is 4. The predicted molar refractivity (Wildman–Crippen MR) is 124 cm³/mol. The first-order valence-electron chi connectivity index (χ1n) is 9.83. The molecule has 0 radical (unpaired) electrons. The molecule has 0 atom stereocenters. The van der Waals surface area contributed by atoms with Gasteiger partial charge >= 0.3 is 6.03 Å². The summed E-state index contributed by atoms with van der Waals surface area (Å²) in [6.45, 7) is 4.04. The van der Waals surface area contributed by atoms with E-state index in [1.54, 1.807) is 22.3 Å². The lowest BCUT2D eigenvalue weighted by Crippen LogP contribution is -2.19. The third-order valence-electron chi connectivity index (χ3n) is 4.54. The standard InChI is InChI=1S/C22H21ClN6OS/c1-3-4-16-12-20(29-21(26-16)24-13-25-29)31-18-9-7-15(8-10-18)27-22(30)28-17-6-5-14(2)19(23)11-17/h5-13H,3-4H2,1-2H3,(H2,27,28,30). The van der Waals surface area contributed by atoms with Crippen LogP contribution >= 0.6 is 23.4 Å². The molecule has 2 N–H and O–H groups in total. The van der Waals surface area contributed by atoms with Crippen molar-refractivity contribution in [3.8, 4) is 0 Å². The third-order valence-corrected chi connectivity index (χ3v) is 5.96. The Hall–Kier alpha value is -3.10. The first-order chi connectivity index (χ1) is 15.0. The SMILES string of the molecule is CCCc1cc(Sc2ccc(NC(=O)Nc3ccc(C)c(Cl)c3)cc2)n2ncnc2n1. The highest BCUT2D eigenvalue weighted by atomic mass is 35.5. The lowest BCUT2D eigenvalue weighted by atomic mass is 10.2. The van der Waals surface area contributed by atoms with Crippen molar-refractivity contribution in [1.82, 2.24) is 19.6 Å². The van der Waals surface area contributed by atoms with Crippen LogP contribution in [0.4, 0.5) is 16.2 Å². The van der Waals surface area contributed by atoms with E-state index in [0.29, 0.717) is 22.2 Å². The van der Waals surface area contributed by atoms with Gasteiger partial charge in [0.25, 0.3) is 5.78 Å². The van der Waals surface area contributed by atoms with Crippen molar-refractivity contribution in [3.63, 3.8) is 0 Å². The van der Waals surface area contributed by atoms with Crippen LogP contribution in [0, 0.1) is 6.92 Å². The highest BCUT2D eigenvalue weighted by Gasteiger charge is 2.10. The summed E-state index contributed by atoms with van der Waals surface area (Å²) in [5.41, 5.74) is 3.28. The van der Waals surface area contributed by atoms with Crippen LogP contribution in [0.1, 0.15) is 24.6 Å². The number of fused-ring (bicyclic) bond motifs is 1. The summed E-state index contributed by atoms with van der Waals surface area (Å²) >= 11 is 7.68. The molecule has 0 spiro atoms. The summed E-state index contributed by atoms with van der Waals surface area (Å²) in [5, 5.41) is 11.4.